The van der Waals surface area contributed by atoms with Gasteiger partial charge in [-0.25, -0.2) is 9.78 Å². The van der Waals surface area contributed by atoms with Crippen LogP contribution in [0.15, 0.2) is 0 Å². The highest BCUT2D eigenvalue weighted by molar-refractivity contribution is 7.16. The van der Waals surface area contributed by atoms with E-state index in [1.807, 2.05) is 0 Å². The van der Waals surface area contributed by atoms with Crippen molar-refractivity contribution in [2.45, 2.75) is 50.9 Å². The number of carboxylic acids is 1. The molecule has 0 aliphatic heterocycles. The van der Waals surface area contributed by atoms with Gasteiger partial charge < -0.3 is 10.8 Å². The highest BCUT2D eigenvalue weighted by Gasteiger charge is 2.21. The van der Waals surface area contributed by atoms with E-state index in [-0.39, 0.29) is 5.69 Å². The van der Waals surface area contributed by atoms with E-state index < -0.39 is 5.97 Å². The second-order valence-corrected chi connectivity index (χ2v) is 5.67. The largest absolute Gasteiger partial charge is 0.476 e. The minimum Gasteiger partial charge on any atom is -0.476 e. The first-order valence-electron chi connectivity index (χ1n) is 6.18. The van der Waals surface area contributed by atoms with Crippen molar-refractivity contribution in [3.63, 3.8) is 0 Å². The lowest BCUT2D eigenvalue weighted by molar-refractivity contribution is 0.0692. The molecule has 1 saturated carbocycles. The molecular weight excluding hydrogens is 236 g/mol. The predicted octanol–water partition coefficient (Wildman–Crippen LogP) is 3.25. The quantitative estimate of drug-likeness (QED) is 0.849. The zero-order valence-corrected chi connectivity index (χ0v) is 10.6. The van der Waals surface area contributed by atoms with Gasteiger partial charge in [0.25, 0.3) is 0 Å². The SMILES string of the molecule is Nc1sc(C2CCCCCCC2)nc1C(=O)O. The molecule has 2 rings (SSSR count). The van der Waals surface area contributed by atoms with E-state index in [0.29, 0.717) is 10.9 Å². The minimum absolute atomic E-state index is 0.0343. The summed E-state index contributed by atoms with van der Waals surface area (Å²) in [6, 6.07) is 0. The first kappa shape index (κ1) is 12.4. The molecule has 1 aromatic rings. The number of aromatic nitrogens is 1. The molecule has 0 atom stereocenters. The van der Waals surface area contributed by atoms with Gasteiger partial charge in [-0.05, 0) is 12.8 Å². The maximum Gasteiger partial charge on any atom is 0.357 e. The topological polar surface area (TPSA) is 76.2 Å². The smallest absolute Gasteiger partial charge is 0.357 e. The fourth-order valence-corrected chi connectivity index (χ4v) is 3.37. The first-order chi connectivity index (χ1) is 8.18. The van der Waals surface area contributed by atoms with Crippen molar-refractivity contribution in [2.75, 3.05) is 5.73 Å². The van der Waals surface area contributed by atoms with Crippen LogP contribution >= 0.6 is 11.3 Å². The van der Waals surface area contributed by atoms with Crippen LogP contribution in [0.2, 0.25) is 0 Å². The molecule has 1 aliphatic carbocycles. The third-order valence-corrected chi connectivity index (χ3v) is 4.37. The lowest BCUT2D eigenvalue weighted by atomic mass is 9.92. The number of nitrogens with zero attached hydrogens (tertiary/aromatic N) is 1. The number of thiazole rings is 1. The Morgan fingerprint density at radius 2 is 1.82 bits per heavy atom. The Balaban J connectivity index is 2.14. The predicted molar refractivity (Wildman–Crippen MR) is 68.5 cm³/mol. The van der Waals surface area contributed by atoms with Gasteiger partial charge in [0, 0.05) is 5.92 Å². The van der Waals surface area contributed by atoms with Crippen LogP contribution in [0, 0.1) is 0 Å². The first-order valence-corrected chi connectivity index (χ1v) is 6.99. The van der Waals surface area contributed by atoms with Crippen molar-refractivity contribution >= 4 is 22.3 Å². The van der Waals surface area contributed by atoms with Crippen molar-refractivity contribution in [1.29, 1.82) is 0 Å². The Morgan fingerprint density at radius 1 is 1.24 bits per heavy atom. The Labute approximate surface area is 105 Å². The van der Waals surface area contributed by atoms with E-state index >= 15 is 0 Å². The summed E-state index contributed by atoms with van der Waals surface area (Å²) in [7, 11) is 0. The van der Waals surface area contributed by atoms with Crippen LogP contribution in [-0.2, 0) is 0 Å². The molecule has 1 aromatic heterocycles. The molecule has 0 spiro atoms. The second-order valence-electron chi connectivity index (χ2n) is 4.61. The van der Waals surface area contributed by atoms with Crippen LogP contribution in [0.25, 0.3) is 0 Å². The standard InChI is InChI=1S/C12H18N2O2S/c13-10-9(12(15)16)14-11(17-10)8-6-4-2-1-3-5-7-8/h8H,1-7,13H2,(H,15,16). The van der Waals surface area contributed by atoms with Gasteiger partial charge in [-0.2, -0.15) is 0 Å². The third kappa shape index (κ3) is 2.97. The number of carboxylic acid groups (broad SMARTS) is 1. The lowest BCUT2D eigenvalue weighted by Gasteiger charge is -2.16. The number of anilines is 1. The average molecular weight is 254 g/mol. The van der Waals surface area contributed by atoms with E-state index in [1.165, 1.54) is 43.4 Å². The number of hydrogen-bond acceptors (Lipinski definition) is 4. The van der Waals surface area contributed by atoms with Gasteiger partial charge in [-0.1, -0.05) is 32.1 Å². The van der Waals surface area contributed by atoms with Crippen molar-refractivity contribution in [3.8, 4) is 0 Å². The summed E-state index contributed by atoms with van der Waals surface area (Å²) in [4.78, 5) is 15.1. The molecule has 1 heterocycles. The zero-order valence-electron chi connectivity index (χ0n) is 9.82. The van der Waals surface area contributed by atoms with E-state index in [4.69, 9.17) is 10.8 Å². The summed E-state index contributed by atoms with van der Waals surface area (Å²) < 4.78 is 0. The molecule has 0 saturated heterocycles. The lowest BCUT2D eigenvalue weighted by Crippen LogP contribution is -2.04. The molecular formula is C12H18N2O2S. The molecule has 0 unspecified atom stereocenters. The molecule has 3 N–H and O–H groups in total. The summed E-state index contributed by atoms with van der Waals surface area (Å²) in [6.45, 7) is 0. The molecule has 0 amide bonds. The van der Waals surface area contributed by atoms with E-state index in [1.54, 1.807) is 0 Å². The van der Waals surface area contributed by atoms with Crippen LogP contribution in [0.5, 0.6) is 0 Å². The number of carbonyl (C=O) groups is 1. The van der Waals surface area contributed by atoms with Crippen molar-refractivity contribution in [2.24, 2.45) is 0 Å². The molecule has 17 heavy (non-hydrogen) atoms. The normalized spacial score (nSPS) is 18.6. The van der Waals surface area contributed by atoms with Crippen molar-refractivity contribution in [1.82, 2.24) is 4.98 Å². The van der Waals surface area contributed by atoms with E-state index in [0.717, 1.165) is 17.8 Å². The number of nitrogens with two attached hydrogens (primary N) is 1. The van der Waals surface area contributed by atoms with Gasteiger partial charge in [0.05, 0.1) is 5.01 Å². The van der Waals surface area contributed by atoms with Crippen LogP contribution in [0.1, 0.15) is 66.4 Å². The van der Waals surface area contributed by atoms with Gasteiger partial charge in [-0.15, -0.1) is 11.3 Å². The van der Waals surface area contributed by atoms with Crippen LogP contribution in [0.3, 0.4) is 0 Å². The summed E-state index contributed by atoms with van der Waals surface area (Å²) in [5.41, 5.74) is 5.73. The number of rotatable bonds is 2. The van der Waals surface area contributed by atoms with Gasteiger partial charge in [-0.3, -0.25) is 0 Å². The second kappa shape index (κ2) is 5.49. The Kier molecular flexibility index (Phi) is 3.99. The summed E-state index contributed by atoms with van der Waals surface area (Å²) in [6.07, 6.45) is 8.55. The van der Waals surface area contributed by atoms with Gasteiger partial charge >= 0.3 is 5.97 Å². The third-order valence-electron chi connectivity index (χ3n) is 3.33. The molecule has 0 radical (unpaired) electrons. The van der Waals surface area contributed by atoms with Crippen LogP contribution in [0.4, 0.5) is 5.00 Å². The fourth-order valence-electron chi connectivity index (χ4n) is 2.38. The Hall–Kier alpha value is -1.10. The van der Waals surface area contributed by atoms with Gasteiger partial charge in [0.2, 0.25) is 0 Å². The highest BCUT2D eigenvalue weighted by Crippen LogP contribution is 2.35. The fraction of sp³-hybridized carbons (Fsp3) is 0.667. The Morgan fingerprint density at radius 3 is 2.35 bits per heavy atom. The molecule has 4 nitrogen and oxygen atoms in total. The van der Waals surface area contributed by atoms with Crippen LogP contribution < -0.4 is 5.73 Å². The summed E-state index contributed by atoms with van der Waals surface area (Å²) in [5.74, 6) is -0.605. The number of hydrogen-bond donors (Lipinski definition) is 2. The molecule has 1 fully saturated rings. The summed E-state index contributed by atoms with van der Waals surface area (Å²) in [5, 5.41) is 10.2. The maximum atomic E-state index is 10.9. The molecule has 0 aromatic carbocycles. The zero-order chi connectivity index (χ0) is 12.3. The van der Waals surface area contributed by atoms with Gasteiger partial charge in [0.1, 0.15) is 5.00 Å². The van der Waals surface area contributed by atoms with Crippen molar-refractivity contribution < 1.29 is 9.90 Å². The Bertz CT molecular complexity index is 395. The number of nitrogen functional groups attached to an aromatic ring is 1. The molecule has 5 heteroatoms. The van der Waals surface area contributed by atoms with Crippen molar-refractivity contribution in [3.05, 3.63) is 10.7 Å². The molecule has 1 aliphatic rings. The average Bonchev–Trinajstić information content (AvgIpc) is 2.59. The van der Waals surface area contributed by atoms with E-state index in [2.05, 4.69) is 4.98 Å². The molecule has 94 valence electrons. The molecule has 0 bridgehead atoms. The van der Waals surface area contributed by atoms with E-state index in [9.17, 15) is 4.79 Å². The maximum absolute atomic E-state index is 10.9. The monoisotopic (exact) mass is 254 g/mol. The van der Waals surface area contributed by atoms with Crippen LogP contribution in [-0.4, -0.2) is 16.1 Å². The minimum atomic E-state index is -1.02. The number of aromatic carboxylic acids is 1. The summed E-state index contributed by atoms with van der Waals surface area (Å²) >= 11 is 1.35. The van der Waals surface area contributed by atoms with Gasteiger partial charge in [0.15, 0.2) is 5.69 Å². The highest BCUT2D eigenvalue weighted by atomic mass is 32.1.